The van der Waals surface area contributed by atoms with Crippen molar-refractivity contribution in [1.82, 2.24) is 10.3 Å². The van der Waals surface area contributed by atoms with Crippen LogP contribution in [0.3, 0.4) is 0 Å². The number of amides is 1. The summed E-state index contributed by atoms with van der Waals surface area (Å²) in [5.41, 5.74) is 2.83. The molecule has 1 N–H and O–H groups in total. The van der Waals surface area contributed by atoms with Crippen molar-refractivity contribution in [2.24, 2.45) is 0 Å². The van der Waals surface area contributed by atoms with Gasteiger partial charge >= 0.3 is 0 Å². The molecule has 5 heteroatoms. The molecule has 0 aromatic carbocycles. The Morgan fingerprint density at radius 3 is 3.14 bits per heavy atom. The van der Waals surface area contributed by atoms with Gasteiger partial charge in [0.1, 0.15) is 0 Å². The van der Waals surface area contributed by atoms with Gasteiger partial charge in [0.2, 0.25) is 5.91 Å². The topological polar surface area (TPSA) is 42.0 Å². The molecule has 14 heavy (non-hydrogen) atoms. The Morgan fingerprint density at radius 1 is 1.64 bits per heavy atom. The first-order chi connectivity index (χ1) is 6.83. The Bertz CT molecular complexity index is 264. The predicted octanol–water partition coefficient (Wildman–Crippen LogP) is 1.82. The van der Waals surface area contributed by atoms with Crippen molar-refractivity contribution >= 4 is 28.8 Å². The highest BCUT2D eigenvalue weighted by atomic mass is 35.5. The summed E-state index contributed by atoms with van der Waals surface area (Å²) in [7, 11) is 0. The molecular weight excluding hydrogens is 220 g/mol. The van der Waals surface area contributed by atoms with E-state index in [-0.39, 0.29) is 5.91 Å². The maximum Gasteiger partial charge on any atom is 0.220 e. The number of nitrogens with zero attached hydrogens (tertiary/aromatic N) is 1. The number of hydrogen-bond donors (Lipinski definition) is 1. The number of nitrogens with one attached hydrogen (secondary N) is 1. The summed E-state index contributed by atoms with van der Waals surface area (Å²) in [5, 5.41) is 4.81. The van der Waals surface area contributed by atoms with Crippen LogP contribution in [0.1, 0.15) is 18.5 Å². The molecule has 1 aromatic rings. The molecule has 0 saturated carbocycles. The van der Waals surface area contributed by atoms with Crippen molar-refractivity contribution in [2.45, 2.75) is 19.3 Å². The molecule has 1 rings (SSSR count). The summed E-state index contributed by atoms with van der Waals surface area (Å²) in [6, 6.07) is 0. The monoisotopic (exact) mass is 232 g/mol. The van der Waals surface area contributed by atoms with Crippen molar-refractivity contribution in [3.8, 4) is 0 Å². The van der Waals surface area contributed by atoms with Gasteiger partial charge in [-0.25, -0.2) is 4.98 Å². The molecule has 1 heterocycles. The fourth-order valence-electron chi connectivity index (χ4n) is 1.01. The summed E-state index contributed by atoms with van der Waals surface area (Å²) in [5.74, 6) is 0.611. The highest BCUT2D eigenvalue weighted by Gasteiger charge is 2.00. The average molecular weight is 233 g/mol. The SMILES string of the molecule is O=C(CCCCl)NCCc1cscn1. The van der Waals surface area contributed by atoms with Gasteiger partial charge < -0.3 is 5.32 Å². The van der Waals surface area contributed by atoms with Crippen LogP contribution in [0.5, 0.6) is 0 Å². The maximum atomic E-state index is 11.1. The van der Waals surface area contributed by atoms with Crippen LogP contribution in [0.2, 0.25) is 0 Å². The van der Waals surface area contributed by atoms with E-state index in [4.69, 9.17) is 11.6 Å². The molecule has 0 spiro atoms. The number of thiazole rings is 1. The lowest BCUT2D eigenvalue weighted by Crippen LogP contribution is -2.25. The molecule has 0 aliphatic rings. The first-order valence-electron chi connectivity index (χ1n) is 4.52. The van der Waals surface area contributed by atoms with Gasteiger partial charge in [-0.05, 0) is 6.42 Å². The zero-order valence-corrected chi connectivity index (χ0v) is 9.40. The molecule has 1 aromatic heterocycles. The maximum absolute atomic E-state index is 11.1. The van der Waals surface area contributed by atoms with E-state index in [1.54, 1.807) is 16.8 Å². The highest BCUT2D eigenvalue weighted by molar-refractivity contribution is 7.07. The van der Waals surface area contributed by atoms with Crippen LogP contribution in [0.15, 0.2) is 10.9 Å². The Balaban J connectivity index is 2.06. The largest absolute Gasteiger partial charge is 0.356 e. The molecule has 3 nitrogen and oxygen atoms in total. The molecular formula is C9H13ClN2OS. The zero-order valence-electron chi connectivity index (χ0n) is 7.83. The fraction of sp³-hybridized carbons (Fsp3) is 0.556. The van der Waals surface area contributed by atoms with Gasteiger partial charge in [-0.1, -0.05) is 0 Å². The van der Waals surface area contributed by atoms with Crippen LogP contribution in [0.4, 0.5) is 0 Å². The predicted molar refractivity (Wildman–Crippen MR) is 58.8 cm³/mol. The molecule has 0 aliphatic heterocycles. The minimum absolute atomic E-state index is 0.0703. The van der Waals surface area contributed by atoms with Crippen molar-refractivity contribution in [1.29, 1.82) is 0 Å². The second kappa shape index (κ2) is 6.79. The highest BCUT2D eigenvalue weighted by Crippen LogP contribution is 2.00. The first kappa shape index (κ1) is 11.5. The van der Waals surface area contributed by atoms with E-state index in [2.05, 4.69) is 10.3 Å². The van der Waals surface area contributed by atoms with E-state index in [0.717, 1.165) is 18.5 Å². The number of alkyl halides is 1. The minimum atomic E-state index is 0.0703. The third kappa shape index (κ3) is 4.58. The standard InChI is InChI=1S/C9H13ClN2OS/c10-4-1-2-9(13)11-5-3-8-6-14-7-12-8/h6-7H,1-5H2,(H,11,13). The lowest BCUT2D eigenvalue weighted by atomic mass is 10.3. The summed E-state index contributed by atoms with van der Waals surface area (Å²) < 4.78 is 0. The molecule has 0 atom stereocenters. The molecule has 0 saturated heterocycles. The average Bonchev–Trinajstić information content (AvgIpc) is 2.67. The lowest BCUT2D eigenvalue weighted by molar-refractivity contribution is -0.121. The van der Waals surface area contributed by atoms with E-state index in [0.29, 0.717) is 18.8 Å². The van der Waals surface area contributed by atoms with E-state index >= 15 is 0 Å². The van der Waals surface area contributed by atoms with Crippen LogP contribution in [-0.4, -0.2) is 23.3 Å². The van der Waals surface area contributed by atoms with Gasteiger partial charge in [-0.3, -0.25) is 4.79 Å². The first-order valence-corrected chi connectivity index (χ1v) is 6.00. The smallest absolute Gasteiger partial charge is 0.220 e. The third-order valence-corrected chi connectivity index (χ3v) is 2.63. The lowest BCUT2D eigenvalue weighted by Gasteiger charge is -2.02. The van der Waals surface area contributed by atoms with Gasteiger partial charge in [0, 0.05) is 30.6 Å². The number of halogens is 1. The molecule has 1 amide bonds. The third-order valence-electron chi connectivity index (χ3n) is 1.72. The molecule has 0 aliphatic carbocycles. The molecule has 0 bridgehead atoms. The van der Waals surface area contributed by atoms with Crippen molar-refractivity contribution in [3.63, 3.8) is 0 Å². The van der Waals surface area contributed by atoms with Crippen LogP contribution in [-0.2, 0) is 11.2 Å². The number of carbonyl (C=O) groups is 1. The fourth-order valence-corrected chi connectivity index (χ4v) is 1.73. The van der Waals surface area contributed by atoms with E-state index in [9.17, 15) is 4.79 Å². The summed E-state index contributed by atoms with van der Waals surface area (Å²) in [6.07, 6.45) is 2.06. The Kier molecular flexibility index (Phi) is 5.56. The van der Waals surface area contributed by atoms with E-state index in [1.165, 1.54) is 0 Å². The number of carbonyl (C=O) groups excluding carboxylic acids is 1. The summed E-state index contributed by atoms with van der Waals surface area (Å²) in [6.45, 7) is 0.658. The molecule has 0 radical (unpaired) electrons. The van der Waals surface area contributed by atoms with Crippen LogP contribution < -0.4 is 5.32 Å². The normalized spacial score (nSPS) is 10.1. The quantitative estimate of drug-likeness (QED) is 0.761. The molecule has 0 fully saturated rings. The molecule has 0 unspecified atom stereocenters. The van der Waals surface area contributed by atoms with Gasteiger partial charge in [0.05, 0.1) is 11.2 Å². The Labute approximate surface area is 92.5 Å². The van der Waals surface area contributed by atoms with Crippen molar-refractivity contribution in [2.75, 3.05) is 12.4 Å². The van der Waals surface area contributed by atoms with Crippen LogP contribution in [0.25, 0.3) is 0 Å². The van der Waals surface area contributed by atoms with Gasteiger partial charge in [-0.15, -0.1) is 22.9 Å². The number of hydrogen-bond acceptors (Lipinski definition) is 3. The summed E-state index contributed by atoms with van der Waals surface area (Å²) >= 11 is 7.04. The minimum Gasteiger partial charge on any atom is -0.356 e. The van der Waals surface area contributed by atoms with Crippen molar-refractivity contribution in [3.05, 3.63) is 16.6 Å². The van der Waals surface area contributed by atoms with Crippen molar-refractivity contribution < 1.29 is 4.79 Å². The van der Waals surface area contributed by atoms with Crippen LogP contribution >= 0.6 is 22.9 Å². The van der Waals surface area contributed by atoms with E-state index in [1.807, 2.05) is 5.38 Å². The van der Waals surface area contributed by atoms with Gasteiger partial charge in [0.25, 0.3) is 0 Å². The summed E-state index contributed by atoms with van der Waals surface area (Å²) in [4.78, 5) is 15.3. The number of aromatic nitrogens is 1. The van der Waals surface area contributed by atoms with Gasteiger partial charge in [-0.2, -0.15) is 0 Å². The number of rotatable bonds is 6. The van der Waals surface area contributed by atoms with Crippen LogP contribution in [0, 0.1) is 0 Å². The second-order valence-corrected chi connectivity index (χ2v) is 3.97. The van der Waals surface area contributed by atoms with Gasteiger partial charge in [0.15, 0.2) is 0 Å². The van der Waals surface area contributed by atoms with E-state index < -0.39 is 0 Å². The Hall–Kier alpha value is -0.610. The second-order valence-electron chi connectivity index (χ2n) is 2.87. The molecule has 78 valence electrons. The Morgan fingerprint density at radius 2 is 2.50 bits per heavy atom. The zero-order chi connectivity index (χ0) is 10.2.